The van der Waals surface area contributed by atoms with Crippen molar-refractivity contribution in [1.29, 1.82) is 0 Å². The van der Waals surface area contributed by atoms with Crippen LogP contribution in [0.15, 0.2) is 0 Å². The van der Waals surface area contributed by atoms with Gasteiger partial charge in [-0.15, -0.1) is 0 Å². The van der Waals surface area contributed by atoms with Crippen LogP contribution >= 0.6 is 0 Å². The van der Waals surface area contributed by atoms with Gasteiger partial charge in [-0.25, -0.2) is 0 Å². The minimum atomic E-state index is -0.141. The van der Waals surface area contributed by atoms with Gasteiger partial charge < -0.3 is 15.8 Å². The average molecular weight is 270 g/mol. The summed E-state index contributed by atoms with van der Waals surface area (Å²) in [6, 6.07) is 0. The van der Waals surface area contributed by atoms with Crippen molar-refractivity contribution in [2.75, 3.05) is 13.2 Å². The lowest BCUT2D eigenvalue weighted by molar-refractivity contribution is -0.149. The summed E-state index contributed by atoms with van der Waals surface area (Å²) in [6.45, 7) is 15.0. The summed E-state index contributed by atoms with van der Waals surface area (Å²) in [5.41, 5.74) is 6.79. The highest BCUT2D eigenvalue weighted by Crippen LogP contribution is 2.49. The molecule has 1 fully saturated rings. The van der Waals surface area contributed by atoms with Crippen molar-refractivity contribution < 1.29 is 4.74 Å². The van der Waals surface area contributed by atoms with Gasteiger partial charge in [-0.05, 0) is 32.6 Å². The highest BCUT2D eigenvalue weighted by molar-refractivity contribution is 5.15. The van der Waals surface area contributed by atoms with E-state index in [1.54, 1.807) is 0 Å². The molecule has 0 amide bonds. The van der Waals surface area contributed by atoms with Gasteiger partial charge in [0.2, 0.25) is 0 Å². The minimum Gasteiger partial charge on any atom is -0.378 e. The molecular formula is C16H34N2O. The zero-order valence-electron chi connectivity index (χ0n) is 13.8. The van der Waals surface area contributed by atoms with Crippen LogP contribution in [0.25, 0.3) is 0 Å². The summed E-state index contributed by atoms with van der Waals surface area (Å²) in [7, 11) is 0. The van der Waals surface area contributed by atoms with E-state index in [1.165, 1.54) is 0 Å². The van der Waals surface area contributed by atoms with Crippen molar-refractivity contribution in [3.8, 4) is 0 Å². The molecule has 2 atom stereocenters. The second kappa shape index (κ2) is 6.11. The van der Waals surface area contributed by atoms with E-state index in [9.17, 15) is 0 Å². The second-order valence-electron chi connectivity index (χ2n) is 6.72. The van der Waals surface area contributed by atoms with Crippen LogP contribution in [0.4, 0.5) is 0 Å². The molecule has 0 heterocycles. The maximum atomic E-state index is 6.63. The van der Waals surface area contributed by atoms with Crippen LogP contribution in [-0.4, -0.2) is 30.3 Å². The predicted octanol–water partition coefficient (Wildman–Crippen LogP) is 3.08. The number of nitrogens with one attached hydrogen (secondary N) is 1. The summed E-state index contributed by atoms with van der Waals surface area (Å²) < 4.78 is 5.79. The second-order valence-corrected chi connectivity index (χ2v) is 6.72. The van der Waals surface area contributed by atoms with E-state index in [2.05, 4.69) is 46.9 Å². The summed E-state index contributed by atoms with van der Waals surface area (Å²) in [5.74, 6) is 0. The summed E-state index contributed by atoms with van der Waals surface area (Å²) in [4.78, 5) is 0. The highest BCUT2D eigenvalue weighted by Gasteiger charge is 2.58. The van der Waals surface area contributed by atoms with Crippen LogP contribution < -0.4 is 11.1 Å². The molecule has 114 valence electrons. The molecule has 0 bridgehead atoms. The first-order valence-corrected chi connectivity index (χ1v) is 7.96. The van der Waals surface area contributed by atoms with Crippen molar-refractivity contribution in [2.24, 2.45) is 11.1 Å². The SMILES string of the molecule is CCOC1CC(N)(CNC(CC)(CC)CC)C1(C)C. The molecule has 1 rings (SSSR count). The lowest BCUT2D eigenvalue weighted by Crippen LogP contribution is -2.74. The van der Waals surface area contributed by atoms with Crippen LogP contribution in [-0.2, 0) is 4.74 Å². The Morgan fingerprint density at radius 3 is 2.05 bits per heavy atom. The van der Waals surface area contributed by atoms with Crippen molar-refractivity contribution in [3.05, 3.63) is 0 Å². The van der Waals surface area contributed by atoms with Crippen molar-refractivity contribution in [2.45, 2.75) is 84.4 Å². The Bertz CT molecular complexity index is 278. The van der Waals surface area contributed by atoms with Gasteiger partial charge in [-0.3, -0.25) is 0 Å². The Kier molecular flexibility index (Phi) is 5.44. The lowest BCUT2D eigenvalue weighted by Gasteiger charge is -2.60. The first-order chi connectivity index (χ1) is 8.80. The quantitative estimate of drug-likeness (QED) is 0.712. The van der Waals surface area contributed by atoms with Crippen molar-refractivity contribution in [1.82, 2.24) is 5.32 Å². The van der Waals surface area contributed by atoms with Gasteiger partial charge in [0.1, 0.15) is 0 Å². The molecule has 1 aliphatic carbocycles. The smallest absolute Gasteiger partial charge is 0.0662 e. The average Bonchev–Trinajstić information content (AvgIpc) is 2.41. The van der Waals surface area contributed by atoms with Crippen molar-refractivity contribution >= 4 is 0 Å². The van der Waals surface area contributed by atoms with Gasteiger partial charge in [0.15, 0.2) is 0 Å². The molecule has 0 aromatic heterocycles. The molecule has 19 heavy (non-hydrogen) atoms. The fraction of sp³-hybridized carbons (Fsp3) is 1.00. The Balaban J connectivity index is 2.63. The predicted molar refractivity (Wildman–Crippen MR) is 82.3 cm³/mol. The normalized spacial score (nSPS) is 30.2. The lowest BCUT2D eigenvalue weighted by atomic mass is 9.54. The van der Waals surface area contributed by atoms with Crippen LogP contribution in [0, 0.1) is 5.41 Å². The monoisotopic (exact) mass is 270 g/mol. The fourth-order valence-corrected chi connectivity index (χ4v) is 3.28. The molecule has 0 aromatic carbocycles. The largest absolute Gasteiger partial charge is 0.378 e. The van der Waals surface area contributed by atoms with Gasteiger partial charge in [0.25, 0.3) is 0 Å². The molecule has 0 aromatic rings. The first kappa shape index (κ1) is 16.9. The van der Waals surface area contributed by atoms with Gasteiger partial charge >= 0.3 is 0 Å². The first-order valence-electron chi connectivity index (χ1n) is 7.96. The van der Waals surface area contributed by atoms with Gasteiger partial charge in [-0.2, -0.15) is 0 Å². The molecule has 3 nitrogen and oxygen atoms in total. The van der Waals surface area contributed by atoms with Crippen molar-refractivity contribution in [3.63, 3.8) is 0 Å². The molecule has 3 heteroatoms. The Morgan fingerprint density at radius 2 is 1.68 bits per heavy atom. The summed E-state index contributed by atoms with van der Waals surface area (Å²) in [5, 5.41) is 3.76. The molecular weight excluding hydrogens is 236 g/mol. The maximum Gasteiger partial charge on any atom is 0.0662 e. The number of nitrogens with two attached hydrogens (primary N) is 1. The van der Waals surface area contributed by atoms with E-state index in [0.29, 0.717) is 6.10 Å². The third-order valence-corrected chi connectivity index (χ3v) is 5.81. The number of ether oxygens (including phenoxy) is 1. The van der Waals surface area contributed by atoms with E-state index in [4.69, 9.17) is 10.5 Å². The molecule has 0 radical (unpaired) electrons. The van der Waals surface area contributed by atoms with E-state index in [0.717, 1.165) is 38.8 Å². The zero-order valence-corrected chi connectivity index (χ0v) is 13.8. The third kappa shape index (κ3) is 2.98. The number of hydrogen-bond donors (Lipinski definition) is 2. The molecule has 0 spiro atoms. The standard InChI is InChI=1S/C16H34N2O/c1-7-15(8-2,9-3)18-12-16(17)11-13(19-10-4)14(16,5)6/h13,18H,7-12,17H2,1-6H3. The van der Waals surface area contributed by atoms with Crippen LogP contribution in [0.2, 0.25) is 0 Å². The topological polar surface area (TPSA) is 47.3 Å². The number of rotatable bonds is 8. The van der Waals surface area contributed by atoms with E-state index in [-0.39, 0.29) is 16.5 Å². The Hall–Kier alpha value is -0.120. The minimum absolute atomic E-state index is 0.0526. The molecule has 0 saturated heterocycles. The zero-order chi connectivity index (χ0) is 14.7. The third-order valence-electron chi connectivity index (χ3n) is 5.81. The Morgan fingerprint density at radius 1 is 1.16 bits per heavy atom. The maximum absolute atomic E-state index is 6.63. The molecule has 1 saturated carbocycles. The fourth-order valence-electron chi connectivity index (χ4n) is 3.28. The van der Waals surface area contributed by atoms with Crippen LogP contribution in [0.3, 0.4) is 0 Å². The van der Waals surface area contributed by atoms with Gasteiger partial charge in [0.05, 0.1) is 6.10 Å². The van der Waals surface area contributed by atoms with Gasteiger partial charge in [0, 0.05) is 29.6 Å². The summed E-state index contributed by atoms with van der Waals surface area (Å²) >= 11 is 0. The molecule has 3 N–H and O–H groups in total. The van der Waals surface area contributed by atoms with Gasteiger partial charge in [-0.1, -0.05) is 34.6 Å². The molecule has 2 unspecified atom stereocenters. The van der Waals surface area contributed by atoms with Crippen LogP contribution in [0.1, 0.15) is 67.2 Å². The molecule has 1 aliphatic rings. The highest BCUT2D eigenvalue weighted by atomic mass is 16.5. The van der Waals surface area contributed by atoms with E-state index in [1.807, 2.05) is 0 Å². The molecule has 0 aliphatic heterocycles. The number of hydrogen-bond acceptors (Lipinski definition) is 3. The van der Waals surface area contributed by atoms with E-state index < -0.39 is 0 Å². The summed E-state index contributed by atoms with van der Waals surface area (Å²) in [6.07, 6.45) is 4.75. The van der Waals surface area contributed by atoms with E-state index >= 15 is 0 Å². The Labute approximate surface area is 119 Å². The van der Waals surface area contributed by atoms with Crippen LogP contribution in [0.5, 0.6) is 0 Å².